The van der Waals surface area contributed by atoms with E-state index in [9.17, 15) is 14.7 Å². The molecule has 1 amide bonds. The number of aromatic nitrogens is 1. The Balaban J connectivity index is 1.70. The Bertz CT molecular complexity index is 1150. The largest absolute Gasteiger partial charge is 0.472 e. The summed E-state index contributed by atoms with van der Waals surface area (Å²) in [6.45, 7) is -0.370. The van der Waals surface area contributed by atoms with Crippen LogP contribution in [-0.2, 0) is 22.7 Å². The number of aliphatic hydroxyl groups excluding tert-OH is 1. The second-order valence-corrected chi connectivity index (χ2v) is 7.15. The van der Waals surface area contributed by atoms with Gasteiger partial charge in [-0.1, -0.05) is 66.2 Å². The van der Waals surface area contributed by atoms with E-state index in [1.54, 1.807) is 24.3 Å². The lowest BCUT2D eigenvalue weighted by Crippen LogP contribution is -2.29. The molecule has 0 spiro atoms. The van der Waals surface area contributed by atoms with Gasteiger partial charge in [-0.3, -0.25) is 9.79 Å². The zero-order chi connectivity index (χ0) is 23.6. The van der Waals surface area contributed by atoms with Crippen molar-refractivity contribution in [2.45, 2.75) is 13.2 Å². The van der Waals surface area contributed by atoms with Gasteiger partial charge >= 0.3 is 5.97 Å². The topological polar surface area (TPSA) is 110 Å². The minimum Gasteiger partial charge on any atom is -0.472 e. The fraction of sp³-hybridized carbons (Fsp3) is 0.167. The highest BCUT2D eigenvalue weighted by molar-refractivity contribution is 6.45. The minimum atomic E-state index is -0.555. The molecule has 0 radical (unpaired) electrons. The first-order valence-corrected chi connectivity index (χ1v) is 10.4. The predicted molar refractivity (Wildman–Crippen MR) is 123 cm³/mol. The Morgan fingerprint density at radius 1 is 1.09 bits per heavy atom. The molecule has 0 aliphatic heterocycles. The fourth-order valence-corrected chi connectivity index (χ4v) is 3.16. The van der Waals surface area contributed by atoms with E-state index < -0.39 is 18.6 Å². The summed E-state index contributed by atoms with van der Waals surface area (Å²) < 4.78 is 11.0. The average molecular weight is 468 g/mol. The van der Waals surface area contributed by atoms with E-state index in [1.807, 2.05) is 30.3 Å². The Labute approximate surface area is 195 Å². The van der Waals surface area contributed by atoms with Crippen molar-refractivity contribution in [2.24, 2.45) is 4.99 Å². The van der Waals surface area contributed by atoms with Gasteiger partial charge in [0, 0.05) is 18.8 Å². The first-order chi connectivity index (χ1) is 16.0. The van der Waals surface area contributed by atoms with Crippen molar-refractivity contribution >= 4 is 29.2 Å². The van der Waals surface area contributed by atoms with Gasteiger partial charge in [0.25, 0.3) is 5.91 Å². The van der Waals surface area contributed by atoms with E-state index in [-0.39, 0.29) is 35.4 Å². The summed E-state index contributed by atoms with van der Waals surface area (Å²) in [6, 6.07) is 17.7. The lowest BCUT2D eigenvalue weighted by atomic mass is 10.0. The maximum atomic E-state index is 12.3. The van der Waals surface area contributed by atoms with Crippen LogP contribution < -0.4 is 10.1 Å². The molecular weight excluding hydrogens is 446 g/mol. The van der Waals surface area contributed by atoms with E-state index in [2.05, 4.69) is 15.3 Å². The molecule has 3 aromatic rings. The van der Waals surface area contributed by atoms with Crippen LogP contribution in [0.15, 0.2) is 71.9 Å². The maximum absolute atomic E-state index is 12.3. The van der Waals surface area contributed by atoms with Crippen molar-refractivity contribution in [3.05, 3.63) is 94.1 Å². The Hall–Kier alpha value is -3.75. The summed E-state index contributed by atoms with van der Waals surface area (Å²) in [7, 11) is 1.48. The Morgan fingerprint density at radius 3 is 2.52 bits per heavy atom. The van der Waals surface area contributed by atoms with Gasteiger partial charge in [-0.05, 0) is 17.2 Å². The molecule has 8 nitrogen and oxygen atoms in total. The number of pyridine rings is 1. The smallest absolute Gasteiger partial charge is 0.340 e. The zero-order valence-electron chi connectivity index (χ0n) is 17.8. The highest BCUT2D eigenvalue weighted by atomic mass is 35.5. The van der Waals surface area contributed by atoms with Crippen LogP contribution in [0.3, 0.4) is 0 Å². The molecular formula is C24H22ClN3O5. The number of aliphatic hydroxyl groups is 1. The highest BCUT2D eigenvalue weighted by Gasteiger charge is 2.17. The number of hydrogen-bond acceptors (Lipinski definition) is 7. The standard InChI is InChI=1S/C24H22ClN3O5/c1-26-22(30)21(28-15-29)19-10-6-5-9-17(19)14-32-23-20(25)11-18(12-27-23)24(31)33-13-16-7-3-2-4-8-16/h2-12,29H,13-15H2,1H3,(H,26,30). The van der Waals surface area contributed by atoms with Crippen LogP contribution in [-0.4, -0.2) is 41.5 Å². The van der Waals surface area contributed by atoms with E-state index in [4.69, 9.17) is 21.1 Å². The van der Waals surface area contributed by atoms with Crippen LogP contribution in [0.25, 0.3) is 0 Å². The van der Waals surface area contributed by atoms with Crippen molar-refractivity contribution in [3.63, 3.8) is 0 Å². The SMILES string of the molecule is CNC(=O)C(=NCO)c1ccccc1COc1ncc(C(=O)OCc2ccccc2)cc1Cl. The molecule has 9 heteroatoms. The molecule has 0 atom stereocenters. The number of rotatable bonds is 9. The second-order valence-electron chi connectivity index (χ2n) is 6.75. The average Bonchev–Trinajstić information content (AvgIpc) is 2.85. The van der Waals surface area contributed by atoms with E-state index in [1.165, 1.54) is 19.3 Å². The monoisotopic (exact) mass is 467 g/mol. The van der Waals surface area contributed by atoms with Crippen LogP contribution in [0.5, 0.6) is 5.88 Å². The van der Waals surface area contributed by atoms with Gasteiger partial charge in [0.2, 0.25) is 5.88 Å². The molecule has 1 heterocycles. The first kappa shape index (κ1) is 23.9. The van der Waals surface area contributed by atoms with Gasteiger partial charge in [0.15, 0.2) is 0 Å². The Kier molecular flexibility index (Phi) is 8.51. The number of likely N-dealkylation sites (N-methyl/N-ethyl adjacent to an activating group) is 1. The molecule has 0 bridgehead atoms. The van der Waals surface area contributed by atoms with E-state index >= 15 is 0 Å². The number of carbonyl (C=O) groups excluding carboxylic acids is 2. The van der Waals surface area contributed by atoms with E-state index in [0.29, 0.717) is 11.1 Å². The fourth-order valence-electron chi connectivity index (χ4n) is 2.94. The molecule has 0 saturated heterocycles. The normalized spacial score (nSPS) is 11.1. The molecule has 0 unspecified atom stereocenters. The summed E-state index contributed by atoms with van der Waals surface area (Å²) in [4.78, 5) is 32.5. The van der Waals surface area contributed by atoms with Crippen LogP contribution in [0.2, 0.25) is 5.02 Å². The number of ether oxygens (including phenoxy) is 2. The number of benzene rings is 2. The number of aliphatic imine (C=N–C) groups is 1. The van der Waals surface area contributed by atoms with Crippen molar-refractivity contribution in [1.82, 2.24) is 10.3 Å². The van der Waals surface area contributed by atoms with Gasteiger partial charge in [-0.2, -0.15) is 0 Å². The molecule has 2 N–H and O–H groups in total. The van der Waals surface area contributed by atoms with Crippen LogP contribution >= 0.6 is 11.6 Å². The van der Waals surface area contributed by atoms with Gasteiger partial charge in [-0.15, -0.1) is 0 Å². The molecule has 170 valence electrons. The molecule has 0 fully saturated rings. The maximum Gasteiger partial charge on any atom is 0.340 e. The van der Waals surface area contributed by atoms with Crippen molar-refractivity contribution in [3.8, 4) is 5.88 Å². The van der Waals surface area contributed by atoms with Gasteiger partial charge in [0.1, 0.15) is 30.7 Å². The summed E-state index contributed by atoms with van der Waals surface area (Å²) in [5.41, 5.74) is 2.28. The number of carbonyl (C=O) groups is 2. The lowest BCUT2D eigenvalue weighted by molar-refractivity contribution is -0.114. The van der Waals surface area contributed by atoms with Gasteiger partial charge in [0.05, 0.1) is 5.56 Å². The van der Waals surface area contributed by atoms with Crippen molar-refractivity contribution < 1.29 is 24.2 Å². The summed E-state index contributed by atoms with van der Waals surface area (Å²) in [5.74, 6) is -0.877. The zero-order valence-corrected chi connectivity index (χ0v) is 18.6. The van der Waals surface area contributed by atoms with Crippen LogP contribution in [0, 0.1) is 0 Å². The molecule has 0 aliphatic rings. The Morgan fingerprint density at radius 2 is 1.82 bits per heavy atom. The third-order valence-corrected chi connectivity index (χ3v) is 4.83. The van der Waals surface area contributed by atoms with E-state index in [0.717, 1.165) is 5.56 Å². The highest BCUT2D eigenvalue weighted by Crippen LogP contribution is 2.24. The molecule has 33 heavy (non-hydrogen) atoms. The second kappa shape index (κ2) is 11.8. The number of amides is 1. The summed E-state index contributed by atoms with van der Waals surface area (Å²) in [6.07, 6.45) is 1.32. The van der Waals surface area contributed by atoms with Crippen LogP contribution in [0.4, 0.5) is 0 Å². The van der Waals surface area contributed by atoms with Gasteiger partial charge in [-0.25, -0.2) is 9.78 Å². The summed E-state index contributed by atoms with van der Waals surface area (Å²) in [5, 5.41) is 11.8. The number of halogens is 1. The lowest BCUT2D eigenvalue weighted by Gasteiger charge is -2.13. The number of esters is 1. The third-order valence-electron chi connectivity index (χ3n) is 4.56. The predicted octanol–water partition coefficient (Wildman–Crippen LogP) is 3.16. The molecule has 0 aliphatic carbocycles. The molecule has 3 rings (SSSR count). The first-order valence-electron chi connectivity index (χ1n) is 9.98. The molecule has 0 saturated carbocycles. The number of nitrogens with one attached hydrogen (secondary N) is 1. The summed E-state index contributed by atoms with van der Waals surface area (Å²) >= 11 is 6.27. The quantitative estimate of drug-likeness (QED) is 0.369. The number of hydrogen-bond donors (Lipinski definition) is 2. The van der Waals surface area contributed by atoms with Crippen molar-refractivity contribution in [1.29, 1.82) is 0 Å². The van der Waals surface area contributed by atoms with Crippen molar-refractivity contribution in [2.75, 3.05) is 13.8 Å². The number of nitrogens with zero attached hydrogens (tertiary/aromatic N) is 2. The minimum absolute atomic E-state index is 0.0299. The molecule has 2 aromatic carbocycles. The molecule has 1 aromatic heterocycles. The van der Waals surface area contributed by atoms with Gasteiger partial charge < -0.3 is 19.9 Å². The third kappa shape index (κ3) is 6.38. The van der Waals surface area contributed by atoms with Crippen LogP contribution in [0.1, 0.15) is 27.0 Å².